The van der Waals surface area contributed by atoms with Crippen LogP contribution < -0.4 is 15.4 Å². The number of hydrogen-bond donors (Lipinski definition) is 2. The summed E-state index contributed by atoms with van der Waals surface area (Å²) in [4.78, 5) is 4.43. The van der Waals surface area contributed by atoms with Gasteiger partial charge in [0.05, 0.1) is 13.3 Å². The molecule has 0 saturated carbocycles. The van der Waals surface area contributed by atoms with Crippen molar-refractivity contribution in [1.29, 1.82) is 0 Å². The Labute approximate surface area is 157 Å². The van der Waals surface area contributed by atoms with Gasteiger partial charge in [0.25, 0.3) is 0 Å². The van der Waals surface area contributed by atoms with E-state index in [0.717, 1.165) is 29.8 Å². The van der Waals surface area contributed by atoms with Gasteiger partial charge in [0.2, 0.25) is 5.95 Å². The van der Waals surface area contributed by atoms with E-state index in [1.165, 1.54) is 0 Å². The van der Waals surface area contributed by atoms with Gasteiger partial charge in [0.15, 0.2) is 5.82 Å². The Hall–Kier alpha value is -2.86. The van der Waals surface area contributed by atoms with E-state index in [2.05, 4.69) is 31.9 Å². The van der Waals surface area contributed by atoms with E-state index in [9.17, 15) is 0 Å². The number of anilines is 2. The molecule has 2 aromatic carbocycles. The van der Waals surface area contributed by atoms with E-state index in [1.54, 1.807) is 13.3 Å². The highest BCUT2D eigenvalue weighted by molar-refractivity contribution is 6.30. The summed E-state index contributed by atoms with van der Waals surface area (Å²) in [5, 5.41) is 15.1. The van der Waals surface area contributed by atoms with E-state index >= 15 is 0 Å². The molecule has 0 bridgehead atoms. The number of nitrogens with one attached hydrogen (secondary N) is 2. The summed E-state index contributed by atoms with van der Waals surface area (Å²) in [6, 6.07) is 15.6. The summed E-state index contributed by atoms with van der Waals surface area (Å²) in [5.74, 6) is 2.04. The van der Waals surface area contributed by atoms with Crippen molar-refractivity contribution in [2.75, 3.05) is 24.3 Å². The Morgan fingerprint density at radius 2 is 1.85 bits per heavy atom. The van der Waals surface area contributed by atoms with Gasteiger partial charge in [-0.25, -0.2) is 0 Å². The van der Waals surface area contributed by atoms with Crippen molar-refractivity contribution < 1.29 is 4.74 Å². The predicted octanol–water partition coefficient (Wildman–Crippen LogP) is 3.80. The molecule has 134 valence electrons. The minimum atomic E-state index is 0.474. The van der Waals surface area contributed by atoms with Crippen LogP contribution in [0.3, 0.4) is 0 Å². The smallest absolute Gasteiger partial charge is 0.244 e. The quantitative estimate of drug-likeness (QED) is 0.629. The van der Waals surface area contributed by atoms with Gasteiger partial charge in [-0.15, -0.1) is 5.10 Å². The van der Waals surface area contributed by atoms with Gasteiger partial charge in [-0.05, 0) is 35.7 Å². The van der Waals surface area contributed by atoms with Crippen molar-refractivity contribution in [1.82, 2.24) is 15.2 Å². The molecule has 3 aromatic rings. The van der Waals surface area contributed by atoms with Crippen LogP contribution in [0.15, 0.2) is 54.7 Å². The highest BCUT2D eigenvalue weighted by Gasteiger charge is 2.03. The molecule has 1 heterocycles. The average molecular weight is 370 g/mol. The maximum Gasteiger partial charge on any atom is 0.244 e. The Bertz CT molecular complexity index is 841. The second-order valence-corrected chi connectivity index (χ2v) is 6.07. The molecule has 26 heavy (non-hydrogen) atoms. The van der Waals surface area contributed by atoms with Gasteiger partial charge in [0, 0.05) is 18.1 Å². The monoisotopic (exact) mass is 369 g/mol. The van der Waals surface area contributed by atoms with Crippen molar-refractivity contribution in [3.8, 4) is 5.75 Å². The van der Waals surface area contributed by atoms with Crippen molar-refractivity contribution in [2.45, 2.75) is 13.0 Å². The van der Waals surface area contributed by atoms with Crippen molar-refractivity contribution in [3.05, 3.63) is 70.9 Å². The largest absolute Gasteiger partial charge is 0.496 e. The molecule has 7 heteroatoms. The van der Waals surface area contributed by atoms with Gasteiger partial charge >= 0.3 is 0 Å². The van der Waals surface area contributed by atoms with Crippen LogP contribution in [0.1, 0.15) is 11.1 Å². The number of benzene rings is 2. The molecule has 0 unspecified atom stereocenters. The molecule has 0 fully saturated rings. The molecule has 2 N–H and O–H groups in total. The standard InChI is InChI=1S/C19H20ClN5O/c1-26-17-5-3-2-4-15(17)10-11-21-18-13-23-25-19(24-18)22-12-14-6-8-16(20)9-7-14/h2-9,13H,10-12H2,1H3,(H2,21,22,24,25). The fraction of sp³-hybridized carbons (Fsp3) is 0.211. The maximum atomic E-state index is 5.89. The lowest BCUT2D eigenvalue weighted by atomic mass is 10.1. The highest BCUT2D eigenvalue weighted by Crippen LogP contribution is 2.18. The third-order valence-corrected chi connectivity index (χ3v) is 4.07. The molecule has 0 radical (unpaired) electrons. The zero-order valence-corrected chi connectivity index (χ0v) is 15.2. The van der Waals surface area contributed by atoms with E-state index in [1.807, 2.05) is 42.5 Å². The first-order valence-electron chi connectivity index (χ1n) is 8.28. The van der Waals surface area contributed by atoms with Gasteiger partial charge < -0.3 is 15.4 Å². The fourth-order valence-corrected chi connectivity index (χ4v) is 2.61. The number of para-hydroxylation sites is 1. The Morgan fingerprint density at radius 1 is 1.04 bits per heavy atom. The molecule has 0 amide bonds. The SMILES string of the molecule is COc1ccccc1CCNc1cnnc(NCc2ccc(Cl)cc2)n1. The molecule has 1 aromatic heterocycles. The van der Waals surface area contributed by atoms with E-state index in [4.69, 9.17) is 16.3 Å². The summed E-state index contributed by atoms with van der Waals surface area (Å²) >= 11 is 5.89. The zero-order valence-electron chi connectivity index (χ0n) is 14.4. The Morgan fingerprint density at radius 3 is 2.65 bits per heavy atom. The number of methoxy groups -OCH3 is 1. The molecular weight excluding hydrogens is 350 g/mol. The van der Waals surface area contributed by atoms with Crippen LogP contribution >= 0.6 is 11.6 Å². The molecule has 0 aliphatic rings. The zero-order chi connectivity index (χ0) is 18.2. The third kappa shape index (κ3) is 5.07. The summed E-state index contributed by atoms with van der Waals surface area (Å²) in [6.45, 7) is 1.32. The van der Waals surface area contributed by atoms with Crippen LogP contribution in [0.5, 0.6) is 5.75 Å². The highest BCUT2D eigenvalue weighted by atomic mass is 35.5. The second kappa shape index (κ2) is 9.01. The number of rotatable bonds is 8. The number of nitrogens with zero attached hydrogens (tertiary/aromatic N) is 3. The Balaban J connectivity index is 1.53. The van der Waals surface area contributed by atoms with Crippen LogP contribution in [-0.2, 0) is 13.0 Å². The molecule has 0 spiro atoms. The van der Waals surface area contributed by atoms with Crippen LogP contribution in [-0.4, -0.2) is 28.8 Å². The summed E-state index contributed by atoms with van der Waals surface area (Å²) in [5.41, 5.74) is 2.23. The molecule has 3 rings (SSSR count). The number of aromatic nitrogens is 3. The number of hydrogen-bond acceptors (Lipinski definition) is 6. The summed E-state index contributed by atoms with van der Waals surface area (Å²) in [6.07, 6.45) is 2.43. The third-order valence-electron chi connectivity index (χ3n) is 3.82. The lowest BCUT2D eigenvalue weighted by Gasteiger charge is -2.10. The number of ether oxygens (including phenoxy) is 1. The van der Waals surface area contributed by atoms with E-state index in [0.29, 0.717) is 23.3 Å². The molecule has 0 aliphatic carbocycles. The Kier molecular flexibility index (Phi) is 6.22. The van der Waals surface area contributed by atoms with Crippen molar-refractivity contribution in [2.24, 2.45) is 0 Å². The minimum absolute atomic E-state index is 0.474. The second-order valence-electron chi connectivity index (χ2n) is 5.63. The lowest BCUT2D eigenvalue weighted by molar-refractivity contribution is 0.410. The first-order valence-corrected chi connectivity index (χ1v) is 8.66. The maximum absolute atomic E-state index is 5.89. The van der Waals surface area contributed by atoms with Gasteiger partial charge in [-0.2, -0.15) is 10.1 Å². The first kappa shape index (κ1) is 17.9. The van der Waals surface area contributed by atoms with Crippen LogP contribution in [0.4, 0.5) is 11.8 Å². The predicted molar refractivity (Wildman–Crippen MR) is 104 cm³/mol. The average Bonchev–Trinajstić information content (AvgIpc) is 2.68. The van der Waals surface area contributed by atoms with Crippen molar-refractivity contribution in [3.63, 3.8) is 0 Å². The van der Waals surface area contributed by atoms with E-state index in [-0.39, 0.29) is 0 Å². The fourth-order valence-electron chi connectivity index (χ4n) is 2.48. The van der Waals surface area contributed by atoms with Gasteiger partial charge in [-0.3, -0.25) is 0 Å². The molecule has 0 aliphatic heterocycles. The molecule has 0 atom stereocenters. The van der Waals surface area contributed by atoms with Crippen LogP contribution in [0, 0.1) is 0 Å². The number of halogens is 1. The summed E-state index contributed by atoms with van der Waals surface area (Å²) < 4.78 is 5.36. The molecular formula is C19H20ClN5O. The lowest BCUT2D eigenvalue weighted by Crippen LogP contribution is -2.10. The topological polar surface area (TPSA) is 72.0 Å². The first-order chi connectivity index (χ1) is 12.7. The normalized spacial score (nSPS) is 10.4. The van der Waals surface area contributed by atoms with Crippen LogP contribution in [0.25, 0.3) is 0 Å². The van der Waals surface area contributed by atoms with E-state index < -0.39 is 0 Å². The van der Waals surface area contributed by atoms with Crippen LogP contribution in [0.2, 0.25) is 5.02 Å². The van der Waals surface area contributed by atoms with Crippen molar-refractivity contribution >= 4 is 23.4 Å². The molecule has 0 saturated heterocycles. The van der Waals surface area contributed by atoms with Gasteiger partial charge in [0.1, 0.15) is 5.75 Å². The van der Waals surface area contributed by atoms with Gasteiger partial charge in [-0.1, -0.05) is 41.9 Å². The molecule has 6 nitrogen and oxygen atoms in total. The minimum Gasteiger partial charge on any atom is -0.496 e. The summed E-state index contributed by atoms with van der Waals surface area (Å²) in [7, 11) is 1.68.